The third-order valence-electron chi connectivity index (χ3n) is 5.41. The van der Waals surface area contributed by atoms with E-state index in [-0.39, 0.29) is 24.7 Å². The Kier molecular flexibility index (Phi) is 7.28. The Labute approximate surface area is 172 Å². The summed E-state index contributed by atoms with van der Waals surface area (Å²) in [4.78, 5) is 19.2. The first-order chi connectivity index (χ1) is 14.1. The number of benzene rings is 1. The van der Waals surface area contributed by atoms with Gasteiger partial charge in [-0.2, -0.15) is 0 Å². The normalized spacial score (nSPS) is 19.4. The Hall–Kier alpha value is -2.38. The van der Waals surface area contributed by atoms with E-state index in [2.05, 4.69) is 11.9 Å². The number of aliphatic hydroxyl groups excluding tert-OH is 1. The van der Waals surface area contributed by atoms with E-state index in [9.17, 15) is 9.90 Å². The van der Waals surface area contributed by atoms with Crippen LogP contribution in [0.3, 0.4) is 0 Å². The van der Waals surface area contributed by atoms with E-state index in [0.717, 1.165) is 37.1 Å². The van der Waals surface area contributed by atoms with Gasteiger partial charge in [0.25, 0.3) is 5.91 Å². The SMILES string of the molecule is CCCCOC1CCCN(C(=O)c2ccc(-n3cnc(C)c3)c(OC)c2)C1CO. The molecule has 7 heteroatoms. The number of rotatable bonds is 8. The number of imidazole rings is 1. The van der Waals surface area contributed by atoms with Crippen molar-refractivity contribution in [2.24, 2.45) is 0 Å². The molecular formula is C22H31N3O4. The standard InChI is InChI=1S/C22H31N3O4/c1-4-5-11-29-20-7-6-10-25(19(20)14-26)22(27)17-8-9-18(21(12-17)28-3)24-13-16(2)23-15-24/h8-9,12-13,15,19-20,26H,4-7,10-11,14H2,1-3H3. The zero-order chi connectivity index (χ0) is 20.8. The van der Waals surface area contributed by atoms with Gasteiger partial charge in [-0.3, -0.25) is 4.79 Å². The first-order valence-corrected chi connectivity index (χ1v) is 10.3. The van der Waals surface area contributed by atoms with E-state index in [1.54, 1.807) is 30.5 Å². The van der Waals surface area contributed by atoms with Crippen molar-refractivity contribution >= 4 is 5.91 Å². The molecule has 1 aliphatic rings. The van der Waals surface area contributed by atoms with Crippen molar-refractivity contribution in [3.05, 3.63) is 42.0 Å². The van der Waals surface area contributed by atoms with Crippen molar-refractivity contribution in [2.45, 2.75) is 51.7 Å². The Morgan fingerprint density at radius 1 is 1.38 bits per heavy atom. The van der Waals surface area contributed by atoms with Crippen LogP contribution in [-0.4, -0.2) is 64.5 Å². The first-order valence-electron chi connectivity index (χ1n) is 10.3. The number of ether oxygens (including phenoxy) is 2. The minimum absolute atomic E-state index is 0.105. The number of unbranched alkanes of at least 4 members (excludes halogenated alkanes) is 1. The molecule has 3 rings (SSSR count). The van der Waals surface area contributed by atoms with E-state index >= 15 is 0 Å². The number of nitrogens with zero attached hydrogens (tertiary/aromatic N) is 3. The number of piperidine rings is 1. The zero-order valence-corrected chi connectivity index (χ0v) is 17.5. The van der Waals surface area contributed by atoms with Gasteiger partial charge in [-0.15, -0.1) is 0 Å². The van der Waals surface area contributed by atoms with Gasteiger partial charge in [0.05, 0.1) is 43.6 Å². The van der Waals surface area contributed by atoms with E-state index in [4.69, 9.17) is 9.47 Å². The molecule has 0 spiro atoms. The van der Waals surface area contributed by atoms with Crippen molar-refractivity contribution in [1.82, 2.24) is 14.5 Å². The minimum atomic E-state index is -0.324. The van der Waals surface area contributed by atoms with Gasteiger partial charge in [-0.05, 0) is 44.4 Å². The summed E-state index contributed by atoms with van der Waals surface area (Å²) < 4.78 is 13.4. The quantitative estimate of drug-likeness (QED) is 0.688. The van der Waals surface area contributed by atoms with E-state index in [1.165, 1.54) is 0 Å². The molecule has 1 N–H and O–H groups in total. The van der Waals surface area contributed by atoms with E-state index < -0.39 is 0 Å². The molecule has 0 bridgehead atoms. The van der Waals surface area contributed by atoms with Crippen molar-refractivity contribution < 1.29 is 19.4 Å². The first kappa shape index (κ1) is 21.3. The number of amides is 1. The van der Waals surface area contributed by atoms with Gasteiger partial charge in [0.1, 0.15) is 5.75 Å². The van der Waals surface area contributed by atoms with Gasteiger partial charge in [-0.25, -0.2) is 4.98 Å². The summed E-state index contributed by atoms with van der Waals surface area (Å²) in [6.45, 7) is 5.21. The number of methoxy groups -OCH3 is 1. The van der Waals surface area contributed by atoms with E-state index in [1.807, 2.05) is 23.8 Å². The van der Waals surface area contributed by atoms with Crippen molar-refractivity contribution in [2.75, 3.05) is 26.9 Å². The molecule has 1 fully saturated rings. The van der Waals surface area contributed by atoms with Crippen LogP contribution in [0, 0.1) is 6.92 Å². The Morgan fingerprint density at radius 2 is 2.21 bits per heavy atom. The lowest BCUT2D eigenvalue weighted by Gasteiger charge is -2.40. The Bertz CT molecular complexity index is 820. The second kappa shape index (κ2) is 9.89. The molecule has 1 aromatic carbocycles. The smallest absolute Gasteiger partial charge is 0.254 e. The van der Waals surface area contributed by atoms with Crippen LogP contribution in [0.1, 0.15) is 48.7 Å². The van der Waals surface area contributed by atoms with Gasteiger partial charge < -0.3 is 24.0 Å². The molecule has 2 atom stereocenters. The lowest BCUT2D eigenvalue weighted by molar-refractivity contribution is -0.0508. The summed E-state index contributed by atoms with van der Waals surface area (Å²) in [7, 11) is 1.59. The van der Waals surface area contributed by atoms with Gasteiger partial charge in [0.15, 0.2) is 0 Å². The summed E-state index contributed by atoms with van der Waals surface area (Å²) in [6, 6.07) is 5.09. The minimum Gasteiger partial charge on any atom is -0.495 e. The molecule has 1 aromatic heterocycles. The number of likely N-dealkylation sites (tertiary alicyclic amines) is 1. The summed E-state index contributed by atoms with van der Waals surface area (Å²) in [5.74, 6) is 0.487. The van der Waals surface area contributed by atoms with Crippen molar-refractivity contribution in [3.63, 3.8) is 0 Å². The number of hydrogen-bond acceptors (Lipinski definition) is 5. The monoisotopic (exact) mass is 401 g/mol. The average molecular weight is 402 g/mol. The molecule has 2 aromatic rings. The van der Waals surface area contributed by atoms with E-state index in [0.29, 0.717) is 24.5 Å². The van der Waals surface area contributed by atoms with Crippen LogP contribution in [0.2, 0.25) is 0 Å². The topological polar surface area (TPSA) is 76.8 Å². The van der Waals surface area contributed by atoms with Gasteiger partial charge in [0.2, 0.25) is 0 Å². The van der Waals surface area contributed by atoms with Crippen LogP contribution < -0.4 is 4.74 Å². The number of aromatic nitrogens is 2. The maximum atomic E-state index is 13.2. The Morgan fingerprint density at radius 3 is 2.86 bits per heavy atom. The summed E-state index contributed by atoms with van der Waals surface area (Å²) in [5.41, 5.74) is 2.26. The molecule has 1 aliphatic heterocycles. The number of carbonyl (C=O) groups is 1. The summed E-state index contributed by atoms with van der Waals surface area (Å²) in [5, 5.41) is 9.97. The van der Waals surface area contributed by atoms with Gasteiger partial charge in [-0.1, -0.05) is 13.3 Å². The summed E-state index contributed by atoms with van der Waals surface area (Å²) >= 11 is 0. The molecule has 0 radical (unpaired) electrons. The number of aryl methyl sites for hydroxylation is 1. The number of aliphatic hydroxyl groups is 1. The molecular weight excluding hydrogens is 370 g/mol. The molecule has 7 nitrogen and oxygen atoms in total. The second-order valence-electron chi connectivity index (χ2n) is 7.46. The molecule has 1 amide bonds. The van der Waals surface area contributed by atoms with Crippen LogP contribution in [0.4, 0.5) is 0 Å². The molecule has 29 heavy (non-hydrogen) atoms. The van der Waals surface area contributed by atoms with Crippen LogP contribution in [0.15, 0.2) is 30.7 Å². The molecule has 0 aliphatic carbocycles. The average Bonchev–Trinajstić information content (AvgIpc) is 3.18. The molecule has 158 valence electrons. The highest BCUT2D eigenvalue weighted by atomic mass is 16.5. The summed E-state index contributed by atoms with van der Waals surface area (Å²) in [6.07, 6.45) is 7.27. The van der Waals surface area contributed by atoms with Gasteiger partial charge in [0, 0.05) is 24.9 Å². The van der Waals surface area contributed by atoms with Crippen molar-refractivity contribution in [3.8, 4) is 11.4 Å². The van der Waals surface area contributed by atoms with Crippen LogP contribution in [0.25, 0.3) is 5.69 Å². The maximum absolute atomic E-state index is 13.2. The fourth-order valence-corrected chi connectivity index (χ4v) is 3.81. The number of hydrogen-bond donors (Lipinski definition) is 1. The maximum Gasteiger partial charge on any atom is 0.254 e. The molecule has 1 saturated heterocycles. The zero-order valence-electron chi connectivity index (χ0n) is 17.5. The lowest BCUT2D eigenvalue weighted by Crippen LogP contribution is -2.53. The largest absolute Gasteiger partial charge is 0.495 e. The van der Waals surface area contributed by atoms with Crippen molar-refractivity contribution in [1.29, 1.82) is 0 Å². The third-order valence-corrected chi connectivity index (χ3v) is 5.41. The lowest BCUT2D eigenvalue weighted by atomic mass is 9.97. The molecule has 0 saturated carbocycles. The Balaban J connectivity index is 1.81. The number of carbonyl (C=O) groups excluding carboxylic acids is 1. The molecule has 2 unspecified atom stereocenters. The predicted octanol–water partition coefficient (Wildman–Crippen LogP) is 2.97. The highest BCUT2D eigenvalue weighted by Crippen LogP contribution is 2.28. The third kappa shape index (κ3) is 4.79. The van der Waals surface area contributed by atoms with Crippen LogP contribution in [0.5, 0.6) is 5.75 Å². The molecule has 2 heterocycles. The van der Waals surface area contributed by atoms with Crippen LogP contribution >= 0.6 is 0 Å². The fraction of sp³-hybridized carbons (Fsp3) is 0.545. The highest BCUT2D eigenvalue weighted by molar-refractivity contribution is 5.95. The second-order valence-corrected chi connectivity index (χ2v) is 7.46. The predicted molar refractivity (Wildman–Crippen MR) is 111 cm³/mol. The van der Waals surface area contributed by atoms with Gasteiger partial charge >= 0.3 is 0 Å². The van der Waals surface area contributed by atoms with Crippen LogP contribution in [-0.2, 0) is 4.74 Å². The highest BCUT2D eigenvalue weighted by Gasteiger charge is 2.35. The fourth-order valence-electron chi connectivity index (χ4n) is 3.81.